The van der Waals surface area contributed by atoms with Gasteiger partial charge in [0.2, 0.25) is 5.89 Å². The first-order valence-corrected chi connectivity index (χ1v) is 5.87. The molecular weight excluding hydrogens is 244 g/mol. The van der Waals surface area contributed by atoms with Crippen molar-refractivity contribution in [2.24, 2.45) is 0 Å². The minimum absolute atomic E-state index is 0.0415. The van der Waals surface area contributed by atoms with E-state index in [1.165, 1.54) is 0 Å². The van der Waals surface area contributed by atoms with Crippen molar-refractivity contribution in [3.05, 3.63) is 41.5 Å². The van der Waals surface area contributed by atoms with E-state index in [1.807, 2.05) is 30.3 Å². The van der Waals surface area contributed by atoms with Crippen molar-refractivity contribution in [3.8, 4) is 11.8 Å². The summed E-state index contributed by atoms with van der Waals surface area (Å²) in [6.45, 7) is 2.91. The molecule has 0 amide bonds. The van der Waals surface area contributed by atoms with Crippen LogP contribution in [0.3, 0.4) is 0 Å². The van der Waals surface area contributed by atoms with Gasteiger partial charge in [-0.05, 0) is 13.0 Å². The molecule has 0 atom stereocenters. The molecule has 1 heterocycles. The van der Waals surface area contributed by atoms with Crippen molar-refractivity contribution in [1.82, 2.24) is 15.5 Å². The Labute approximate surface area is 111 Å². The predicted octanol–water partition coefficient (Wildman–Crippen LogP) is 1.57. The third-order valence-electron chi connectivity index (χ3n) is 2.43. The van der Waals surface area contributed by atoms with E-state index in [0.717, 1.165) is 5.56 Å². The maximum absolute atomic E-state index is 8.53. The number of hydrogen-bond donors (Lipinski definition) is 1. The van der Waals surface area contributed by atoms with Gasteiger partial charge in [-0.25, -0.2) is 0 Å². The lowest BCUT2D eigenvalue weighted by molar-refractivity contribution is 0.355. The fraction of sp³-hybridized carbons (Fsp3) is 0.308. The minimum atomic E-state index is 0.0415. The molecule has 2 rings (SSSR count). The Morgan fingerprint density at radius 1 is 1.37 bits per heavy atom. The fourth-order valence-electron chi connectivity index (χ4n) is 1.62. The Morgan fingerprint density at radius 3 is 2.95 bits per heavy atom. The van der Waals surface area contributed by atoms with E-state index in [4.69, 9.17) is 14.5 Å². The molecule has 0 aliphatic rings. The molecule has 0 aliphatic heterocycles. The molecular formula is C13H14N4O2. The van der Waals surface area contributed by atoms with E-state index in [1.54, 1.807) is 6.92 Å². The molecule has 6 heteroatoms. The van der Waals surface area contributed by atoms with Crippen molar-refractivity contribution in [2.45, 2.75) is 20.0 Å². The highest BCUT2D eigenvalue weighted by Gasteiger charge is 2.05. The maximum Gasteiger partial charge on any atom is 0.240 e. The van der Waals surface area contributed by atoms with Gasteiger partial charge < -0.3 is 14.6 Å². The second-order valence-electron chi connectivity index (χ2n) is 3.89. The van der Waals surface area contributed by atoms with Gasteiger partial charge in [0, 0.05) is 12.1 Å². The SMILES string of the molecule is Cc1noc(CNCc2ccccc2OCC#N)n1. The molecule has 19 heavy (non-hydrogen) atoms. The van der Waals surface area contributed by atoms with Crippen LogP contribution in [0.15, 0.2) is 28.8 Å². The summed E-state index contributed by atoms with van der Waals surface area (Å²) in [5.41, 5.74) is 0.981. The van der Waals surface area contributed by atoms with Gasteiger partial charge in [0.25, 0.3) is 0 Å². The van der Waals surface area contributed by atoms with Gasteiger partial charge in [0.1, 0.15) is 11.8 Å². The third-order valence-corrected chi connectivity index (χ3v) is 2.43. The van der Waals surface area contributed by atoms with Crippen LogP contribution in [0.1, 0.15) is 17.3 Å². The molecule has 0 radical (unpaired) electrons. The van der Waals surface area contributed by atoms with Crippen LogP contribution in [0, 0.1) is 18.3 Å². The van der Waals surface area contributed by atoms with Crippen molar-refractivity contribution < 1.29 is 9.26 Å². The summed E-state index contributed by atoms with van der Waals surface area (Å²) in [5.74, 6) is 1.88. The zero-order chi connectivity index (χ0) is 13.5. The molecule has 98 valence electrons. The zero-order valence-electron chi connectivity index (χ0n) is 10.6. The maximum atomic E-state index is 8.53. The van der Waals surface area contributed by atoms with Gasteiger partial charge in [0.15, 0.2) is 12.4 Å². The second-order valence-corrected chi connectivity index (χ2v) is 3.89. The monoisotopic (exact) mass is 258 g/mol. The van der Waals surface area contributed by atoms with Crippen LogP contribution in [0.25, 0.3) is 0 Å². The van der Waals surface area contributed by atoms with Crippen LogP contribution in [-0.2, 0) is 13.1 Å². The van der Waals surface area contributed by atoms with Gasteiger partial charge in [-0.2, -0.15) is 10.2 Å². The molecule has 1 aromatic heterocycles. The number of aryl methyl sites for hydroxylation is 1. The summed E-state index contributed by atoms with van der Waals surface area (Å²) in [5, 5.41) is 15.4. The van der Waals surface area contributed by atoms with Gasteiger partial charge in [-0.3, -0.25) is 0 Å². The summed E-state index contributed by atoms with van der Waals surface area (Å²) in [7, 11) is 0. The van der Waals surface area contributed by atoms with Crippen LogP contribution >= 0.6 is 0 Å². The normalized spacial score (nSPS) is 10.1. The highest BCUT2D eigenvalue weighted by molar-refractivity contribution is 5.33. The Morgan fingerprint density at radius 2 is 2.21 bits per heavy atom. The number of aromatic nitrogens is 2. The van der Waals surface area contributed by atoms with E-state index in [-0.39, 0.29) is 6.61 Å². The highest BCUT2D eigenvalue weighted by Crippen LogP contribution is 2.17. The summed E-state index contributed by atoms with van der Waals surface area (Å²) in [6, 6.07) is 9.53. The number of hydrogen-bond acceptors (Lipinski definition) is 6. The van der Waals surface area contributed by atoms with Crippen LogP contribution in [0.4, 0.5) is 0 Å². The number of benzene rings is 1. The average Bonchev–Trinajstić information content (AvgIpc) is 2.83. The first kappa shape index (κ1) is 13.1. The van der Waals surface area contributed by atoms with Crippen molar-refractivity contribution in [1.29, 1.82) is 5.26 Å². The predicted molar refractivity (Wildman–Crippen MR) is 67.1 cm³/mol. The number of rotatable bonds is 6. The molecule has 0 aliphatic carbocycles. The largest absolute Gasteiger partial charge is 0.478 e. The van der Waals surface area contributed by atoms with E-state index >= 15 is 0 Å². The molecule has 0 saturated carbocycles. The molecule has 0 fully saturated rings. The summed E-state index contributed by atoms with van der Waals surface area (Å²) in [6.07, 6.45) is 0. The number of ether oxygens (including phenoxy) is 1. The topological polar surface area (TPSA) is 84.0 Å². The molecule has 2 aromatic rings. The van der Waals surface area contributed by atoms with Crippen LogP contribution in [0.5, 0.6) is 5.75 Å². The van der Waals surface area contributed by atoms with Crippen LogP contribution in [-0.4, -0.2) is 16.7 Å². The Kier molecular flexibility index (Phi) is 4.48. The molecule has 0 unspecified atom stereocenters. The van der Waals surface area contributed by atoms with E-state index < -0.39 is 0 Å². The smallest absolute Gasteiger partial charge is 0.240 e. The lowest BCUT2D eigenvalue weighted by atomic mass is 10.2. The third kappa shape index (κ3) is 3.79. The average molecular weight is 258 g/mol. The molecule has 1 aromatic carbocycles. The van der Waals surface area contributed by atoms with E-state index in [0.29, 0.717) is 30.6 Å². The number of para-hydroxylation sites is 1. The summed E-state index contributed by atoms with van der Waals surface area (Å²) < 4.78 is 10.3. The Hall–Kier alpha value is -2.39. The van der Waals surface area contributed by atoms with Crippen LogP contribution in [0.2, 0.25) is 0 Å². The zero-order valence-corrected chi connectivity index (χ0v) is 10.6. The lowest BCUT2D eigenvalue weighted by Gasteiger charge is -2.09. The van der Waals surface area contributed by atoms with Gasteiger partial charge in [-0.15, -0.1) is 0 Å². The van der Waals surface area contributed by atoms with Gasteiger partial charge in [-0.1, -0.05) is 23.4 Å². The number of nitriles is 1. The Bertz CT molecular complexity index is 574. The summed E-state index contributed by atoms with van der Waals surface area (Å²) in [4.78, 5) is 4.10. The number of nitrogens with one attached hydrogen (secondary N) is 1. The first-order chi connectivity index (χ1) is 9.29. The fourth-order valence-corrected chi connectivity index (χ4v) is 1.62. The van der Waals surface area contributed by atoms with E-state index in [9.17, 15) is 0 Å². The van der Waals surface area contributed by atoms with E-state index in [2.05, 4.69) is 15.5 Å². The summed E-state index contributed by atoms with van der Waals surface area (Å²) >= 11 is 0. The quantitative estimate of drug-likeness (QED) is 0.846. The standard InChI is InChI=1S/C13H14N4O2/c1-10-16-13(19-17-10)9-15-8-11-4-2-3-5-12(11)18-7-6-14/h2-5,15H,7-9H2,1H3. The molecule has 6 nitrogen and oxygen atoms in total. The minimum Gasteiger partial charge on any atom is -0.478 e. The highest BCUT2D eigenvalue weighted by atomic mass is 16.5. The Balaban J connectivity index is 1.90. The van der Waals surface area contributed by atoms with Gasteiger partial charge >= 0.3 is 0 Å². The van der Waals surface area contributed by atoms with Crippen molar-refractivity contribution in [2.75, 3.05) is 6.61 Å². The molecule has 0 saturated heterocycles. The van der Waals surface area contributed by atoms with Gasteiger partial charge in [0.05, 0.1) is 6.54 Å². The van der Waals surface area contributed by atoms with Crippen molar-refractivity contribution >= 4 is 0 Å². The van der Waals surface area contributed by atoms with Crippen molar-refractivity contribution in [3.63, 3.8) is 0 Å². The molecule has 1 N–H and O–H groups in total. The lowest BCUT2D eigenvalue weighted by Crippen LogP contribution is -2.14. The second kappa shape index (κ2) is 6.52. The van der Waals surface area contributed by atoms with Crippen LogP contribution < -0.4 is 10.1 Å². The number of nitrogens with zero attached hydrogens (tertiary/aromatic N) is 3. The first-order valence-electron chi connectivity index (χ1n) is 5.87. The molecule has 0 spiro atoms. The molecule has 0 bridgehead atoms.